The van der Waals surface area contributed by atoms with Gasteiger partial charge in [0.05, 0.1) is 5.60 Å². The number of aliphatic hydroxyl groups is 1. The molecule has 0 spiro atoms. The van der Waals surface area contributed by atoms with Crippen molar-refractivity contribution in [3.05, 3.63) is 0 Å². The van der Waals surface area contributed by atoms with Crippen LogP contribution >= 0.6 is 0 Å². The second-order valence-corrected chi connectivity index (χ2v) is 1.34. The minimum Gasteiger partial charge on any atom is -0.390 e. The van der Waals surface area contributed by atoms with E-state index in [2.05, 4.69) is 0 Å². The van der Waals surface area contributed by atoms with Crippen LogP contribution in [0.4, 0.5) is 0 Å². The largest absolute Gasteiger partial charge is 0.390 e. The first-order chi connectivity index (χ1) is 7.96. The van der Waals surface area contributed by atoms with Crippen LogP contribution in [0.15, 0.2) is 0 Å². The number of piperidine rings is 1. The molecule has 2 N–H and O–H groups in total. The Bertz CT molecular complexity index is 359. The Morgan fingerprint density at radius 1 is 1.75 bits per heavy atom. The van der Waals surface area contributed by atoms with Gasteiger partial charge in [-0.05, 0) is 32.6 Å². The van der Waals surface area contributed by atoms with Crippen molar-refractivity contribution in [3.63, 3.8) is 0 Å². The Morgan fingerprint density at radius 3 is 2.88 bits per heavy atom. The molecular weight excluding hydrogens is 102 g/mol. The molecule has 0 unspecified atom stereocenters. The van der Waals surface area contributed by atoms with E-state index in [-0.39, 0.29) is 0 Å². The van der Waals surface area contributed by atoms with Crippen LogP contribution in [0.1, 0.15) is 34.7 Å². The second kappa shape index (κ2) is 2.03. The summed E-state index contributed by atoms with van der Waals surface area (Å²) in [7, 11) is 0. The summed E-state index contributed by atoms with van der Waals surface area (Å²) in [5, 5.41) is 11.5. The fourth-order valence-corrected chi connectivity index (χ4v) is 0.306. The highest BCUT2D eigenvalue weighted by molar-refractivity contribution is 4.78. The van der Waals surface area contributed by atoms with Gasteiger partial charge in [0, 0.05) is 15.1 Å². The highest BCUT2D eigenvalue weighted by Crippen LogP contribution is 2.15. The van der Waals surface area contributed by atoms with Gasteiger partial charge < -0.3 is 10.4 Å². The summed E-state index contributed by atoms with van der Waals surface area (Å²) in [4.78, 5) is 0. The van der Waals surface area contributed by atoms with Crippen molar-refractivity contribution in [2.24, 2.45) is 0 Å². The van der Waals surface area contributed by atoms with Crippen molar-refractivity contribution in [1.82, 2.24) is 5.32 Å². The summed E-state index contributed by atoms with van der Waals surface area (Å²) < 4.78 is 80.8. The number of nitrogens with one attached hydrogen (secondary N) is 1. The molecule has 0 saturated carbocycles. The van der Waals surface area contributed by atoms with E-state index in [9.17, 15) is 5.11 Å². The van der Waals surface area contributed by atoms with Gasteiger partial charge in [-0.1, -0.05) is 0 Å². The van der Waals surface area contributed by atoms with Crippen LogP contribution in [0.5, 0.6) is 0 Å². The third-order valence-corrected chi connectivity index (χ3v) is 0.612. The molecule has 8 heavy (non-hydrogen) atoms. The van der Waals surface area contributed by atoms with Gasteiger partial charge in [-0.3, -0.25) is 0 Å². The molecule has 48 valence electrons. The van der Waals surface area contributed by atoms with E-state index in [4.69, 9.17) is 15.1 Å². The summed E-state index contributed by atoms with van der Waals surface area (Å²) in [5.41, 5.74) is -3.87. The van der Waals surface area contributed by atoms with Gasteiger partial charge in [0.15, 0.2) is 0 Å². The molecule has 1 rings (SSSR count). The Hall–Kier alpha value is -0.0800. The molecule has 1 fully saturated rings. The van der Waals surface area contributed by atoms with Gasteiger partial charge in [-0.2, -0.15) is 0 Å². The van der Waals surface area contributed by atoms with Crippen LogP contribution < -0.4 is 5.32 Å². The molecule has 0 bridgehead atoms. The summed E-state index contributed by atoms with van der Waals surface area (Å²) in [6.07, 6.45) is -7.19. The predicted molar refractivity (Wildman–Crippen MR) is 32.7 cm³/mol. The zero-order valence-corrected chi connectivity index (χ0v) is 3.95. The summed E-state index contributed by atoms with van der Waals surface area (Å²) in [6, 6.07) is 0. The Labute approximate surface area is 65.4 Å². The van der Waals surface area contributed by atoms with Gasteiger partial charge in [0.25, 0.3) is 0 Å². The van der Waals surface area contributed by atoms with Crippen LogP contribution in [0.2, 0.25) is 0 Å². The lowest BCUT2D eigenvalue weighted by atomic mass is 9.95. The van der Waals surface area contributed by atoms with E-state index in [1.807, 2.05) is 0 Å². The summed E-state index contributed by atoms with van der Waals surface area (Å²) in [5.74, 6) is 0. The first-order valence-electron chi connectivity index (χ1n) is 7.47. The van der Waals surface area contributed by atoms with Crippen LogP contribution in [-0.4, -0.2) is 23.7 Å². The van der Waals surface area contributed by atoms with Crippen LogP contribution in [0.25, 0.3) is 0 Å². The lowest BCUT2D eigenvalue weighted by Gasteiger charge is -2.27. The molecule has 0 aliphatic carbocycles. The molecule has 2 heteroatoms. The lowest BCUT2D eigenvalue weighted by molar-refractivity contribution is 0.0291. The van der Waals surface area contributed by atoms with E-state index in [1.54, 1.807) is 0 Å². The normalized spacial score (nSPS) is 74.9. The number of hydrogen-bond donors (Lipinski definition) is 2. The third-order valence-electron chi connectivity index (χ3n) is 0.612. The first-order valence-corrected chi connectivity index (χ1v) is 1.97. The highest BCUT2D eigenvalue weighted by Gasteiger charge is 2.21. The second-order valence-electron chi connectivity index (χ2n) is 1.34. The minimum atomic E-state index is -3.87. The summed E-state index contributed by atoms with van der Waals surface area (Å²) >= 11 is 0. The molecule has 0 radical (unpaired) electrons. The van der Waals surface area contributed by atoms with Gasteiger partial charge in [-0.25, -0.2) is 0 Å². The SMILES string of the molecule is [2H]C([2H])([2H])C1(O)C([2H])([2H])C([2H])([2H])NC([2H])([2H])C1([2H])[2H]. The maximum Gasteiger partial charge on any atom is 0.0644 e. The number of hydrogen-bond acceptors (Lipinski definition) is 2. The highest BCUT2D eigenvalue weighted by atomic mass is 16.3. The van der Waals surface area contributed by atoms with Crippen LogP contribution in [-0.2, 0) is 0 Å². The Balaban J connectivity index is 3.70. The van der Waals surface area contributed by atoms with E-state index in [0.29, 0.717) is 0 Å². The average Bonchev–Trinajstić information content (AvgIpc) is 2.10. The van der Waals surface area contributed by atoms with Crippen LogP contribution in [0, 0.1) is 0 Å². The van der Waals surface area contributed by atoms with Crippen molar-refractivity contribution in [1.29, 1.82) is 0 Å². The molecular formula is C6H13NO. The molecule has 0 atom stereocenters. The van der Waals surface area contributed by atoms with Crippen molar-refractivity contribution < 1.29 is 20.2 Å². The van der Waals surface area contributed by atoms with Crippen LogP contribution in [0.3, 0.4) is 0 Å². The average molecular weight is 126 g/mol. The molecule has 1 aliphatic heterocycles. The molecule has 1 saturated heterocycles. The van der Waals surface area contributed by atoms with Gasteiger partial charge in [-0.15, -0.1) is 0 Å². The van der Waals surface area contributed by atoms with Crippen molar-refractivity contribution in [2.45, 2.75) is 25.2 Å². The summed E-state index contributed by atoms with van der Waals surface area (Å²) in [6.45, 7) is -10.3. The smallest absolute Gasteiger partial charge is 0.0644 e. The third kappa shape index (κ3) is 1.46. The predicted octanol–water partition coefficient (Wildman–Crippen LogP) is 0.121. The maximum absolute atomic E-state index is 10.1. The monoisotopic (exact) mass is 126 g/mol. The fraction of sp³-hybridized carbons (Fsp3) is 1.00. The van der Waals surface area contributed by atoms with Gasteiger partial charge in [0.2, 0.25) is 0 Å². The van der Waals surface area contributed by atoms with E-state index in [0.717, 1.165) is 0 Å². The topological polar surface area (TPSA) is 32.3 Å². The molecule has 0 amide bonds. The minimum absolute atomic E-state index is 1.45. The van der Waals surface area contributed by atoms with E-state index in [1.165, 1.54) is 5.32 Å². The van der Waals surface area contributed by atoms with E-state index < -0.39 is 38.2 Å². The molecule has 0 aromatic heterocycles. The Kier molecular flexibility index (Phi) is 0.269. The fourth-order valence-electron chi connectivity index (χ4n) is 0.306. The zero-order chi connectivity index (χ0) is 15.7. The maximum atomic E-state index is 10.1. The number of rotatable bonds is 0. The molecule has 1 heterocycles. The van der Waals surface area contributed by atoms with Crippen molar-refractivity contribution in [3.8, 4) is 0 Å². The van der Waals surface area contributed by atoms with Gasteiger partial charge >= 0.3 is 0 Å². The lowest BCUT2D eigenvalue weighted by Crippen LogP contribution is -2.39. The quantitative estimate of drug-likeness (QED) is 0.483. The van der Waals surface area contributed by atoms with Gasteiger partial charge in [0.1, 0.15) is 0 Å². The van der Waals surface area contributed by atoms with Crippen molar-refractivity contribution in [2.75, 3.05) is 13.0 Å². The molecule has 0 aromatic carbocycles. The van der Waals surface area contributed by atoms with E-state index >= 15 is 0 Å². The molecule has 1 aliphatic rings. The zero-order valence-electron chi connectivity index (χ0n) is 14.9. The first kappa shape index (κ1) is 1.06. The Morgan fingerprint density at radius 2 is 2.38 bits per heavy atom. The molecule has 0 aromatic rings. The standard InChI is InChI=1S/C6H13NO/c1-6(8)2-4-7-5-3-6/h7-8H,2-5H2,1H3/i1D3,2D2,3D2,4D2,5D2. The van der Waals surface area contributed by atoms with Crippen molar-refractivity contribution >= 4 is 0 Å². The molecule has 2 nitrogen and oxygen atoms in total.